The SMILES string of the molecule is C[C@@H]1CN(CCOc2ccc(CC(=O)O)cc2)CCO1. The van der Waals surface area contributed by atoms with Crippen LogP contribution in [0.1, 0.15) is 12.5 Å². The van der Waals surface area contributed by atoms with Gasteiger partial charge in [-0.2, -0.15) is 0 Å². The zero-order valence-electron chi connectivity index (χ0n) is 11.7. The number of morpholine rings is 1. The molecule has 0 amide bonds. The van der Waals surface area contributed by atoms with Crippen LogP contribution in [0.4, 0.5) is 0 Å². The Morgan fingerprint density at radius 3 is 2.85 bits per heavy atom. The van der Waals surface area contributed by atoms with Crippen molar-refractivity contribution in [3.05, 3.63) is 29.8 Å². The van der Waals surface area contributed by atoms with Crippen LogP contribution in [-0.4, -0.2) is 54.9 Å². The second-order valence-corrected chi connectivity index (χ2v) is 5.04. The molecule has 5 heteroatoms. The molecule has 0 aliphatic carbocycles. The number of hydrogen-bond donors (Lipinski definition) is 1. The molecule has 0 unspecified atom stereocenters. The van der Waals surface area contributed by atoms with Gasteiger partial charge < -0.3 is 14.6 Å². The number of benzene rings is 1. The van der Waals surface area contributed by atoms with E-state index < -0.39 is 5.97 Å². The molecule has 1 aliphatic heterocycles. The van der Waals surface area contributed by atoms with E-state index in [1.54, 1.807) is 12.1 Å². The highest BCUT2D eigenvalue weighted by molar-refractivity contribution is 5.70. The van der Waals surface area contributed by atoms with Crippen molar-refractivity contribution in [3.63, 3.8) is 0 Å². The summed E-state index contributed by atoms with van der Waals surface area (Å²) in [5.41, 5.74) is 0.784. The van der Waals surface area contributed by atoms with Gasteiger partial charge in [-0.05, 0) is 24.6 Å². The Balaban J connectivity index is 1.72. The fourth-order valence-corrected chi connectivity index (χ4v) is 2.26. The van der Waals surface area contributed by atoms with Crippen molar-refractivity contribution in [2.24, 2.45) is 0 Å². The molecule has 0 aromatic heterocycles. The standard InChI is InChI=1S/C15H21NO4/c1-12-11-16(6-8-19-12)7-9-20-14-4-2-13(3-5-14)10-15(17)18/h2-5,12H,6-11H2,1H3,(H,17,18)/t12-/m1/s1. The Hall–Kier alpha value is -1.59. The predicted octanol–water partition coefficient (Wildman–Crippen LogP) is 1.41. The Kier molecular flexibility index (Phi) is 5.38. The fraction of sp³-hybridized carbons (Fsp3) is 0.533. The molecule has 0 spiro atoms. The summed E-state index contributed by atoms with van der Waals surface area (Å²) in [6.45, 7) is 6.26. The number of carboxylic acid groups (broad SMARTS) is 1. The highest BCUT2D eigenvalue weighted by atomic mass is 16.5. The van der Waals surface area contributed by atoms with E-state index in [4.69, 9.17) is 14.6 Å². The lowest BCUT2D eigenvalue weighted by Crippen LogP contribution is -2.42. The molecule has 20 heavy (non-hydrogen) atoms. The Morgan fingerprint density at radius 2 is 2.20 bits per heavy atom. The van der Waals surface area contributed by atoms with E-state index in [1.807, 2.05) is 12.1 Å². The number of aliphatic carboxylic acids is 1. The van der Waals surface area contributed by atoms with Crippen molar-refractivity contribution in [1.29, 1.82) is 0 Å². The van der Waals surface area contributed by atoms with Crippen molar-refractivity contribution in [2.75, 3.05) is 32.8 Å². The highest BCUT2D eigenvalue weighted by Gasteiger charge is 2.15. The summed E-state index contributed by atoms with van der Waals surface area (Å²) in [6.07, 6.45) is 0.338. The van der Waals surface area contributed by atoms with E-state index in [2.05, 4.69) is 11.8 Å². The predicted molar refractivity (Wildman–Crippen MR) is 75.1 cm³/mol. The third-order valence-electron chi connectivity index (χ3n) is 3.28. The molecule has 1 N–H and O–H groups in total. The van der Waals surface area contributed by atoms with Gasteiger partial charge in [0.05, 0.1) is 19.1 Å². The van der Waals surface area contributed by atoms with Crippen LogP contribution in [0.2, 0.25) is 0 Å². The van der Waals surface area contributed by atoms with Crippen molar-refractivity contribution in [3.8, 4) is 5.75 Å². The third kappa shape index (κ3) is 4.83. The first-order valence-electron chi connectivity index (χ1n) is 6.91. The maximum Gasteiger partial charge on any atom is 0.307 e. The molecule has 1 saturated heterocycles. The van der Waals surface area contributed by atoms with Crippen LogP contribution in [0.25, 0.3) is 0 Å². The molecule has 1 aliphatic rings. The van der Waals surface area contributed by atoms with E-state index in [-0.39, 0.29) is 6.42 Å². The van der Waals surface area contributed by atoms with E-state index in [0.29, 0.717) is 12.7 Å². The van der Waals surface area contributed by atoms with Crippen molar-refractivity contribution >= 4 is 5.97 Å². The lowest BCUT2D eigenvalue weighted by molar-refractivity contribution is -0.136. The zero-order chi connectivity index (χ0) is 14.4. The minimum atomic E-state index is -0.819. The summed E-state index contributed by atoms with van der Waals surface area (Å²) in [4.78, 5) is 12.9. The van der Waals surface area contributed by atoms with Gasteiger partial charge in [0, 0.05) is 19.6 Å². The fourth-order valence-electron chi connectivity index (χ4n) is 2.26. The first kappa shape index (κ1) is 14.8. The maximum absolute atomic E-state index is 10.6. The van der Waals surface area contributed by atoms with Gasteiger partial charge in [0.15, 0.2) is 0 Å². The lowest BCUT2D eigenvalue weighted by Gasteiger charge is -2.30. The summed E-state index contributed by atoms with van der Waals surface area (Å²) in [5.74, 6) is -0.0412. The smallest absolute Gasteiger partial charge is 0.307 e. The number of ether oxygens (including phenoxy) is 2. The molecule has 2 rings (SSSR count). The summed E-state index contributed by atoms with van der Waals surface area (Å²) < 4.78 is 11.2. The van der Waals surface area contributed by atoms with Gasteiger partial charge in [-0.25, -0.2) is 0 Å². The molecule has 0 saturated carbocycles. The van der Waals surface area contributed by atoms with Crippen molar-refractivity contribution < 1.29 is 19.4 Å². The topological polar surface area (TPSA) is 59.0 Å². The molecule has 1 heterocycles. The molecule has 0 radical (unpaired) electrons. The number of rotatable bonds is 6. The maximum atomic E-state index is 10.6. The molecular formula is C15H21NO4. The Labute approximate surface area is 119 Å². The molecule has 5 nitrogen and oxygen atoms in total. The number of nitrogens with zero attached hydrogens (tertiary/aromatic N) is 1. The number of carboxylic acids is 1. The molecule has 1 atom stereocenters. The molecule has 110 valence electrons. The molecule has 0 bridgehead atoms. The normalized spacial score (nSPS) is 19.8. The van der Waals surface area contributed by atoms with E-state index in [9.17, 15) is 4.79 Å². The van der Waals surface area contributed by atoms with Gasteiger partial charge in [0.2, 0.25) is 0 Å². The van der Waals surface area contributed by atoms with Crippen LogP contribution < -0.4 is 4.74 Å². The monoisotopic (exact) mass is 279 g/mol. The summed E-state index contributed by atoms with van der Waals surface area (Å²) in [5, 5.41) is 8.70. The van der Waals surface area contributed by atoms with Crippen LogP contribution >= 0.6 is 0 Å². The highest BCUT2D eigenvalue weighted by Crippen LogP contribution is 2.13. The second kappa shape index (κ2) is 7.26. The van der Waals surface area contributed by atoms with Crippen molar-refractivity contribution in [2.45, 2.75) is 19.4 Å². The third-order valence-corrected chi connectivity index (χ3v) is 3.28. The summed E-state index contributed by atoms with van der Waals surface area (Å²) in [7, 11) is 0. The zero-order valence-corrected chi connectivity index (χ0v) is 11.7. The van der Waals surface area contributed by atoms with Gasteiger partial charge in [-0.15, -0.1) is 0 Å². The minimum Gasteiger partial charge on any atom is -0.492 e. The average molecular weight is 279 g/mol. The number of carbonyl (C=O) groups is 1. The van der Waals surface area contributed by atoms with Crippen LogP contribution in [0.5, 0.6) is 5.75 Å². The Bertz CT molecular complexity index is 432. The van der Waals surface area contributed by atoms with Crippen molar-refractivity contribution in [1.82, 2.24) is 4.90 Å². The molecular weight excluding hydrogens is 258 g/mol. The Morgan fingerprint density at radius 1 is 1.45 bits per heavy atom. The molecule has 1 fully saturated rings. The average Bonchev–Trinajstić information content (AvgIpc) is 2.40. The number of hydrogen-bond acceptors (Lipinski definition) is 4. The molecule has 1 aromatic rings. The van der Waals surface area contributed by atoms with E-state index >= 15 is 0 Å². The van der Waals surface area contributed by atoms with E-state index in [1.165, 1.54) is 0 Å². The van der Waals surface area contributed by atoms with Gasteiger partial charge in [-0.1, -0.05) is 12.1 Å². The first-order valence-corrected chi connectivity index (χ1v) is 6.91. The quantitative estimate of drug-likeness (QED) is 0.853. The first-order chi connectivity index (χ1) is 9.63. The van der Waals surface area contributed by atoms with Crippen LogP contribution in [0.15, 0.2) is 24.3 Å². The molecule has 1 aromatic carbocycles. The van der Waals surface area contributed by atoms with Gasteiger partial charge in [0.1, 0.15) is 12.4 Å². The van der Waals surface area contributed by atoms with Gasteiger partial charge in [0.25, 0.3) is 0 Å². The van der Waals surface area contributed by atoms with Crippen LogP contribution in [0, 0.1) is 0 Å². The minimum absolute atomic E-state index is 0.0476. The lowest BCUT2D eigenvalue weighted by atomic mass is 10.1. The summed E-state index contributed by atoms with van der Waals surface area (Å²) in [6, 6.07) is 7.22. The van der Waals surface area contributed by atoms with Gasteiger partial charge >= 0.3 is 5.97 Å². The van der Waals surface area contributed by atoms with Crippen LogP contribution in [0.3, 0.4) is 0 Å². The van der Waals surface area contributed by atoms with Gasteiger partial charge in [-0.3, -0.25) is 9.69 Å². The largest absolute Gasteiger partial charge is 0.492 e. The second-order valence-electron chi connectivity index (χ2n) is 5.04. The van der Waals surface area contributed by atoms with Crippen LogP contribution in [-0.2, 0) is 16.0 Å². The summed E-state index contributed by atoms with van der Waals surface area (Å²) >= 11 is 0. The van der Waals surface area contributed by atoms with E-state index in [0.717, 1.165) is 37.6 Å².